The van der Waals surface area contributed by atoms with Crippen molar-refractivity contribution >= 4 is 11.9 Å². The Bertz CT molecular complexity index is 747. The molecule has 1 aromatic heterocycles. The maximum Gasteiger partial charge on any atom is 0.317 e. The van der Waals surface area contributed by atoms with Crippen molar-refractivity contribution in [2.45, 2.75) is 6.10 Å². The van der Waals surface area contributed by atoms with Gasteiger partial charge in [0.2, 0.25) is 0 Å². The smallest absolute Gasteiger partial charge is 0.317 e. The molecule has 3 N–H and O–H groups in total. The molecule has 1 amide bonds. The fraction of sp³-hybridized carbons (Fsp3) is 0.353. The van der Waals surface area contributed by atoms with Gasteiger partial charge in [-0.2, -0.15) is 0 Å². The summed E-state index contributed by atoms with van der Waals surface area (Å²) >= 11 is 0. The standard InChI is InChI=1S/C17H20N4O4/c22-14-9-20(11-15(23)24)6-7-21(10-14)17(25)13-3-1-2-12(8-13)16-18-4-5-19-16/h1-5,8,14,22H,6-7,9-11H2,(H,18,19)(H,23,24)/t14-/m1/s1. The number of carbonyl (C=O) groups excluding carboxylic acids is 1. The van der Waals surface area contributed by atoms with Crippen molar-refractivity contribution in [3.63, 3.8) is 0 Å². The highest BCUT2D eigenvalue weighted by molar-refractivity contribution is 5.95. The number of carbonyl (C=O) groups is 2. The first kappa shape index (κ1) is 17.1. The lowest BCUT2D eigenvalue weighted by atomic mass is 10.1. The van der Waals surface area contributed by atoms with E-state index in [2.05, 4.69) is 9.97 Å². The van der Waals surface area contributed by atoms with Crippen LogP contribution in [0.4, 0.5) is 0 Å². The third kappa shape index (κ3) is 4.23. The molecule has 2 aromatic rings. The number of hydrogen-bond acceptors (Lipinski definition) is 5. The quantitative estimate of drug-likeness (QED) is 0.735. The molecule has 1 aliphatic heterocycles. The molecular weight excluding hydrogens is 324 g/mol. The molecule has 1 aromatic carbocycles. The number of hydrogen-bond donors (Lipinski definition) is 3. The van der Waals surface area contributed by atoms with Crippen LogP contribution in [0.3, 0.4) is 0 Å². The maximum atomic E-state index is 12.8. The van der Waals surface area contributed by atoms with Gasteiger partial charge in [-0.3, -0.25) is 14.5 Å². The lowest BCUT2D eigenvalue weighted by molar-refractivity contribution is -0.138. The minimum atomic E-state index is -0.946. The van der Waals surface area contributed by atoms with E-state index in [9.17, 15) is 14.7 Å². The molecule has 1 saturated heterocycles. The molecule has 25 heavy (non-hydrogen) atoms. The number of H-pyrrole nitrogens is 1. The molecule has 3 rings (SSSR count). The molecule has 1 fully saturated rings. The summed E-state index contributed by atoms with van der Waals surface area (Å²) in [5.74, 6) is -0.457. The molecule has 1 atom stereocenters. The number of rotatable bonds is 4. The van der Waals surface area contributed by atoms with E-state index in [1.165, 1.54) is 0 Å². The topological polar surface area (TPSA) is 110 Å². The van der Waals surface area contributed by atoms with Gasteiger partial charge in [-0.05, 0) is 12.1 Å². The molecule has 8 heteroatoms. The molecule has 0 spiro atoms. The molecule has 0 unspecified atom stereocenters. The van der Waals surface area contributed by atoms with Crippen LogP contribution in [0.15, 0.2) is 36.7 Å². The fourth-order valence-electron chi connectivity index (χ4n) is 2.98. The van der Waals surface area contributed by atoms with E-state index in [1.807, 2.05) is 6.07 Å². The molecule has 2 heterocycles. The van der Waals surface area contributed by atoms with Gasteiger partial charge in [0.25, 0.3) is 5.91 Å². The summed E-state index contributed by atoms with van der Waals surface area (Å²) < 4.78 is 0. The van der Waals surface area contributed by atoms with Crippen LogP contribution in [-0.4, -0.2) is 80.7 Å². The largest absolute Gasteiger partial charge is 0.480 e. The van der Waals surface area contributed by atoms with E-state index in [4.69, 9.17) is 5.11 Å². The average Bonchev–Trinajstić information content (AvgIpc) is 3.05. The average molecular weight is 344 g/mol. The Hall–Kier alpha value is -2.71. The number of β-amino-alcohol motifs (C(OH)–C–C–N with tert-alkyl or cyclic N) is 1. The monoisotopic (exact) mass is 344 g/mol. The maximum absolute atomic E-state index is 12.8. The summed E-state index contributed by atoms with van der Waals surface area (Å²) in [6.07, 6.45) is 2.58. The highest BCUT2D eigenvalue weighted by atomic mass is 16.4. The Morgan fingerprint density at radius 3 is 2.84 bits per heavy atom. The zero-order chi connectivity index (χ0) is 17.8. The van der Waals surface area contributed by atoms with Crippen molar-refractivity contribution in [3.8, 4) is 11.4 Å². The lowest BCUT2D eigenvalue weighted by Crippen LogP contribution is -2.37. The normalized spacial score (nSPS) is 18.8. The highest BCUT2D eigenvalue weighted by Crippen LogP contribution is 2.18. The van der Waals surface area contributed by atoms with Gasteiger partial charge in [0, 0.05) is 49.7 Å². The molecule has 0 radical (unpaired) electrons. The van der Waals surface area contributed by atoms with Crippen molar-refractivity contribution in [1.82, 2.24) is 19.8 Å². The van der Waals surface area contributed by atoms with Crippen LogP contribution in [0.25, 0.3) is 11.4 Å². The summed E-state index contributed by atoms with van der Waals surface area (Å²) in [6, 6.07) is 7.13. The van der Waals surface area contributed by atoms with E-state index >= 15 is 0 Å². The highest BCUT2D eigenvalue weighted by Gasteiger charge is 2.26. The number of imidazole rings is 1. The first-order valence-corrected chi connectivity index (χ1v) is 8.04. The number of carboxylic acid groups (broad SMARTS) is 1. The zero-order valence-corrected chi connectivity index (χ0v) is 13.6. The van der Waals surface area contributed by atoms with E-state index < -0.39 is 12.1 Å². The number of nitrogens with zero attached hydrogens (tertiary/aromatic N) is 3. The van der Waals surface area contributed by atoms with Gasteiger partial charge in [-0.25, -0.2) is 4.98 Å². The Kier molecular flexibility index (Phi) is 5.11. The van der Waals surface area contributed by atoms with Gasteiger partial charge < -0.3 is 20.1 Å². The second-order valence-corrected chi connectivity index (χ2v) is 6.05. The molecule has 132 valence electrons. The molecular formula is C17H20N4O4. The SMILES string of the molecule is O=C(O)CN1CCN(C(=O)c2cccc(-c3ncc[nH]3)c2)C[C@H](O)C1. The molecule has 1 aliphatic rings. The Morgan fingerprint density at radius 1 is 1.28 bits per heavy atom. The third-order valence-electron chi connectivity index (χ3n) is 4.11. The van der Waals surface area contributed by atoms with Gasteiger partial charge in [0.1, 0.15) is 5.82 Å². The van der Waals surface area contributed by atoms with Crippen molar-refractivity contribution in [1.29, 1.82) is 0 Å². The Balaban J connectivity index is 1.74. The van der Waals surface area contributed by atoms with Gasteiger partial charge >= 0.3 is 5.97 Å². The van der Waals surface area contributed by atoms with Crippen molar-refractivity contribution in [2.24, 2.45) is 0 Å². The predicted molar refractivity (Wildman–Crippen MR) is 90.0 cm³/mol. The lowest BCUT2D eigenvalue weighted by Gasteiger charge is -2.22. The van der Waals surface area contributed by atoms with Crippen LogP contribution >= 0.6 is 0 Å². The third-order valence-corrected chi connectivity index (χ3v) is 4.11. The predicted octanol–water partition coefficient (Wildman–Crippen LogP) is 0.280. The number of benzene rings is 1. The minimum absolute atomic E-state index is 0.146. The number of aliphatic hydroxyl groups is 1. The summed E-state index contributed by atoms with van der Waals surface area (Å²) in [6.45, 7) is 1.05. The summed E-state index contributed by atoms with van der Waals surface area (Å²) in [4.78, 5) is 34.0. The number of aliphatic hydroxyl groups excluding tert-OH is 1. The second-order valence-electron chi connectivity index (χ2n) is 6.05. The summed E-state index contributed by atoms with van der Waals surface area (Å²) in [7, 11) is 0. The number of amides is 1. The van der Waals surface area contributed by atoms with Gasteiger partial charge in [-0.1, -0.05) is 12.1 Å². The van der Waals surface area contributed by atoms with Crippen molar-refractivity contribution in [3.05, 3.63) is 42.2 Å². The Labute approximate surface area is 144 Å². The van der Waals surface area contributed by atoms with Crippen LogP contribution in [-0.2, 0) is 4.79 Å². The van der Waals surface area contributed by atoms with Gasteiger partial charge in [0.05, 0.1) is 12.6 Å². The van der Waals surface area contributed by atoms with E-state index in [0.29, 0.717) is 24.5 Å². The van der Waals surface area contributed by atoms with Crippen molar-refractivity contribution in [2.75, 3.05) is 32.7 Å². The molecule has 0 bridgehead atoms. The van der Waals surface area contributed by atoms with Gasteiger partial charge in [0.15, 0.2) is 0 Å². The van der Waals surface area contributed by atoms with Crippen LogP contribution < -0.4 is 0 Å². The van der Waals surface area contributed by atoms with Crippen LogP contribution in [0.1, 0.15) is 10.4 Å². The van der Waals surface area contributed by atoms with E-state index in [1.54, 1.807) is 40.4 Å². The Morgan fingerprint density at radius 2 is 2.12 bits per heavy atom. The van der Waals surface area contributed by atoms with Crippen LogP contribution in [0, 0.1) is 0 Å². The van der Waals surface area contributed by atoms with E-state index in [-0.39, 0.29) is 25.5 Å². The fourth-order valence-corrected chi connectivity index (χ4v) is 2.98. The number of nitrogens with one attached hydrogen (secondary N) is 1. The second kappa shape index (κ2) is 7.45. The molecule has 0 saturated carbocycles. The minimum Gasteiger partial charge on any atom is -0.480 e. The first-order chi connectivity index (χ1) is 12.0. The number of aromatic nitrogens is 2. The number of aliphatic carboxylic acids is 1. The number of carboxylic acids is 1. The first-order valence-electron chi connectivity index (χ1n) is 8.04. The summed E-state index contributed by atoms with van der Waals surface area (Å²) in [5, 5.41) is 19.0. The summed E-state index contributed by atoms with van der Waals surface area (Å²) in [5.41, 5.74) is 1.31. The van der Waals surface area contributed by atoms with Gasteiger partial charge in [-0.15, -0.1) is 0 Å². The van der Waals surface area contributed by atoms with Crippen LogP contribution in [0.5, 0.6) is 0 Å². The molecule has 0 aliphatic carbocycles. The van der Waals surface area contributed by atoms with Crippen molar-refractivity contribution < 1.29 is 19.8 Å². The van der Waals surface area contributed by atoms with Crippen LogP contribution in [0.2, 0.25) is 0 Å². The zero-order valence-electron chi connectivity index (χ0n) is 13.6. The number of aromatic amines is 1. The molecule has 8 nitrogen and oxygen atoms in total. The van der Waals surface area contributed by atoms with E-state index in [0.717, 1.165) is 5.56 Å².